The molecule has 2 aromatic carbocycles. The Morgan fingerprint density at radius 3 is 2.06 bits per heavy atom. The van der Waals surface area contributed by atoms with Crippen molar-refractivity contribution >= 4 is 17.8 Å². The zero-order valence-electron chi connectivity index (χ0n) is 18.2. The van der Waals surface area contributed by atoms with Crippen molar-refractivity contribution in [2.75, 3.05) is 0 Å². The predicted octanol–water partition coefficient (Wildman–Crippen LogP) is 2.98. The molecule has 2 atom stereocenters. The molecule has 0 unspecified atom stereocenters. The van der Waals surface area contributed by atoms with Gasteiger partial charge in [0.25, 0.3) is 0 Å². The minimum absolute atomic E-state index is 0.0264. The molecule has 0 radical (unpaired) electrons. The van der Waals surface area contributed by atoms with E-state index in [1.807, 2.05) is 24.3 Å². The number of rotatable bonds is 8. The summed E-state index contributed by atoms with van der Waals surface area (Å²) in [5.74, 6) is -2.72. The molecule has 0 aliphatic heterocycles. The Balaban J connectivity index is 2.13. The summed E-state index contributed by atoms with van der Waals surface area (Å²) < 4.78 is 13.5. The van der Waals surface area contributed by atoms with Gasteiger partial charge in [-0.15, -0.1) is 0 Å². The van der Waals surface area contributed by atoms with Crippen LogP contribution in [0.1, 0.15) is 44.4 Å². The first-order valence-electron chi connectivity index (χ1n) is 10.1. The lowest BCUT2D eigenvalue weighted by Crippen LogP contribution is -2.52. The molecule has 0 saturated carbocycles. The van der Waals surface area contributed by atoms with E-state index >= 15 is 0 Å². The summed E-state index contributed by atoms with van der Waals surface area (Å²) in [6, 6.07) is 11.1. The molecule has 2 rings (SSSR count). The number of carboxylic acids is 1. The average molecular weight is 429 g/mol. The minimum atomic E-state index is -1.18. The molecule has 7 heteroatoms. The summed E-state index contributed by atoms with van der Waals surface area (Å²) in [6.45, 7) is 7.52. The van der Waals surface area contributed by atoms with Crippen molar-refractivity contribution < 1.29 is 23.9 Å². The molecule has 3 N–H and O–H groups in total. The van der Waals surface area contributed by atoms with E-state index in [4.69, 9.17) is 0 Å². The monoisotopic (exact) mass is 428 g/mol. The molecule has 6 nitrogen and oxygen atoms in total. The molecule has 2 aromatic rings. The van der Waals surface area contributed by atoms with Crippen molar-refractivity contribution in [1.29, 1.82) is 0 Å². The van der Waals surface area contributed by atoms with E-state index in [-0.39, 0.29) is 18.3 Å². The Morgan fingerprint density at radius 2 is 1.55 bits per heavy atom. The first kappa shape index (κ1) is 24.1. The van der Waals surface area contributed by atoms with Gasteiger partial charge in [0.15, 0.2) is 0 Å². The van der Waals surface area contributed by atoms with Crippen molar-refractivity contribution in [3.8, 4) is 0 Å². The molecule has 0 fully saturated rings. The number of hydrogen-bond donors (Lipinski definition) is 3. The molecule has 0 spiro atoms. The van der Waals surface area contributed by atoms with Gasteiger partial charge in [-0.3, -0.25) is 9.59 Å². The van der Waals surface area contributed by atoms with E-state index in [0.29, 0.717) is 5.56 Å². The van der Waals surface area contributed by atoms with Crippen LogP contribution in [-0.2, 0) is 32.6 Å². The van der Waals surface area contributed by atoms with Crippen LogP contribution in [0.4, 0.5) is 4.39 Å². The van der Waals surface area contributed by atoms with Gasteiger partial charge in [-0.1, -0.05) is 57.2 Å². The van der Waals surface area contributed by atoms with Gasteiger partial charge in [-0.05, 0) is 34.2 Å². The Labute approximate surface area is 181 Å². The summed E-state index contributed by atoms with van der Waals surface area (Å²) in [6.07, 6.45) is 0.133. The molecule has 166 valence electrons. The maximum atomic E-state index is 13.5. The molecule has 0 bridgehead atoms. The van der Waals surface area contributed by atoms with Gasteiger partial charge in [-0.2, -0.15) is 0 Å². The predicted molar refractivity (Wildman–Crippen MR) is 116 cm³/mol. The number of aliphatic carboxylic acids is 1. The molecule has 0 aliphatic rings. The Morgan fingerprint density at radius 1 is 0.935 bits per heavy atom. The Bertz CT molecular complexity index is 935. The van der Waals surface area contributed by atoms with Gasteiger partial charge in [0.2, 0.25) is 11.8 Å². The molecule has 2 amide bonds. The lowest BCUT2D eigenvalue weighted by molar-refractivity contribution is -0.142. The first-order valence-corrected chi connectivity index (χ1v) is 10.1. The number of hydrogen-bond acceptors (Lipinski definition) is 3. The van der Waals surface area contributed by atoms with E-state index in [2.05, 4.69) is 31.4 Å². The molecule has 0 saturated heterocycles. The summed E-state index contributed by atoms with van der Waals surface area (Å²) in [5, 5.41) is 14.6. The van der Waals surface area contributed by atoms with E-state index in [0.717, 1.165) is 11.1 Å². The summed E-state index contributed by atoms with van der Waals surface area (Å²) in [5.41, 5.74) is 2.37. The normalized spacial score (nSPS) is 13.2. The molecule has 0 aromatic heterocycles. The standard InChI is InChI=1S/C24H29FN2O4/c1-15(28)26-20(14-17-6-5-7-19(25)12-17)22(29)27-21(23(30)31)13-16-8-10-18(11-9-16)24(2,3)4/h5-12,20-21H,13-14H2,1-4H3,(H,26,28)(H,27,29)(H,30,31)/t20-,21+/m0/s1. The van der Waals surface area contributed by atoms with Crippen LogP contribution in [0, 0.1) is 5.82 Å². The Kier molecular flexibility index (Phi) is 7.91. The SMILES string of the molecule is CC(=O)N[C@@H](Cc1cccc(F)c1)C(=O)N[C@H](Cc1ccc(C(C)(C)C)cc1)C(=O)O. The van der Waals surface area contributed by atoms with Crippen molar-refractivity contribution in [2.45, 2.75) is 58.0 Å². The second kappa shape index (κ2) is 10.2. The number of benzene rings is 2. The fraction of sp³-hybridized carbons (Fsp3) is 0.375. The Hall–Kier alpha value is -3.22. The number of carboxylic acid groups (broad SMARTS) is 1. The van der Waals surface area contributed by atoms with Gasteiger partial charge in [0.05, 0.1) is 0 Å². The highest BCUT2D eigenvalue weighted by molar-refractivity contribution is 5.90. The topological polar surface area (TPSA) is 95.5 Å². The van der Waals surface area contributed by atoms with Gasteiger partial charge in [0, 0.05) is 19.8 Å². The summed E-state index contributed by atoms with van der Waals surface area (Å²) >= 11 is 0. The summed E-state index contributed by atoms with van der Waals surface area (Å²) in [7, 11) is 0. The van der Waals surface area contributed by atoms with Crippen LogP contribution in [0.3, 0.4) is 0 Å². The highest BCUT2D eigenvalue weighted by atomic mass is 19.1. The highest BCUT2D eigenvalue weighted by Crippen LogP contribution is 2.22. The van der Waals surface area contributed by atoms with Crippen LogP contribution < -0.4 is 10.6 Å². The average Bonchev–Trinajstić information content (AvgIpc) is 2.66. The maximum absolute atomic E-state index is 13.5. The molecule has 0 heterocycles. The summed E-state index contributed by atoms with van der Waals surface area (Å²) in [4.78, 5) is 36.1. The van der Waals surface area contributed by atoms with Gasteiger partial charge < -0.3 is 15.7 Å². The van der Waals surface area contributed by atoms with Crippen LogP contribution in [0.5, 0.6) is 0 Å². The largest absolute Gasteiger partial charge is 0.480 e. The van der Waals surface area contributed by atoms with E-state index in [9.17, 15) is 23.9 Å². The molecular formula is C24H29FN2O4. The van der Waals surface area contributed by atoms with Crippen LogP contribution >= 0.6 is 0 Å². The zero-order valence-corrected chi connectivity index (χ0v) is 18.2. The number of halogens is 1. The fourth-order valence-electron chi connectivity index (χ4n) is 3.20. The van der Waals surface area contributed by atoms with E-state index in [1.54, 1.807) is 6.07 Å². The smallest absolute Gasteiger partial charge is 0.326 e. The van der Waals surface area contributed by atoms with Crippen molar-refractivity contribution in [2.24, 2.45) is 0 Å². The fourth-order valence-corrected chi connectivity index (χ4v) is 3.20. The maximum Gasteiger partial charge on any atom is 0.326 e. The third-order valence-electron chi connectivity index (χ3n) is 4.90. The minimum Gasteiger partial charge on any atom is -0.480 e. The highest BCUT2D eigenvalue weighted by Gasteiger charge is 2.26. The van der Waals surface area contributed by atoms with Crippen LogP contribution in [-0.4, -0.2) is 35.0 Å². The van der Waals surface area contributed by atoms with Crippen molar-refractivity contribution in [3.63, 3.8) is 0 Å². The van der Waals surface area contributed by atoms with Gasteiger partial charge >= 0.3 is 5.97 Å². The lowest BCUT2D eigenvalue weighted by Gasteiger charge is -2.22. The van der Waals surface area contributed by atoms with Gasteiger partial charge in [0.1, 0.15) is 17.9 Å². The van der Waals surface area contributed by atoms with Crippen molar-refractivity contribution in [3.05, 3.63) is 71.0 Å². The molecular weight excluding hydrogens is 399 g/mol. The third kappa shape index (κ3) is 7.51. The second-order valence-electron chi connectivity index (χ2n) is 8.64. The quantitative estimate of drug-likeness (QED) is 0.602. The van der Waals surface area contributed by atoms with Crippen LogP contribution in [0.15, 0.2) is 48.5 Å². The first-order chi connectivity index (χ1) is 14.5. The lowest BCUT2D eigenvalue weighted by atomic mass is 9.86. The zero-order chi connectivity index (χ0) is 23.2. The number of nitrogens with one attached hydrogen (secondary N) is 2. The van der Waals surface area contributed by atoms with E-state index in [1.165, 1.54) is 25.1 Å². The molecule has 0 aliphatic carbocycles. The van der Waals surface area contributed by atoms with Crippen LogP contribution in [0.2, 0.25) is 0 Å². The molecule has 31 heavy (non-hydrogen) atoms. The van der Waals surface area contributed by atoms with Crippen molar-refractivity contribution in [1.82, 2.24) is 10.6 Å². The number of carbonyl (C=O) groups is 3. The number of amides is 2. The van der Waals surface area contributed by atoms with Gasteiger partial charge in [-0.25, -0.2) is 9.18 Å². The second-order valence-corrected chi connectivity index (χ2v) is 8.64. The number of carbonyl (C=O) groups excluding carboxylic acids is 2. The third-order valence-corrected chi connectivity index (χ3v) is 4.90. The van der Waals surface area contributed by atoms with E-state index < -0.39 is 35.7 Å². The van der Waals surface area contributed by atoms with Crippen LogP contribution in [0.25, 0.3) is 0 Å².